The lowest BCUT2D eigenvalue weighted by atomic mass is 10.1. The highest BCUT2D eigenvalue weighted by atomic mass is 32.2. The van der Waals surface area contributed by atoms with Crippen LogP contribution in [0.25, 0.3) is 0 Å². The largest absolute Gasteiger partial charge is 0.357 e. The summed E-state index contributed by atoms with van der Waals surface area (Å²) in [4.78, 5) is 26.8. The molecule has 0 aliphatic carbocycles. The molecule has 0 radical (unpaired) electrons. The Bertz CT molecular complexity index is 961. The summed E-state index contributed by atoms with van der Waals surface area (Å²) in [6.45, 7) is 3.36. The molecule has 1 N–H and O–H groups in total. The Morgan fingerprint density at radius 2 is 1.62 bits per heavy atom. The minimum Gasteiger partial charge on any atom is -0.357 e. The molecule has 2 rings (SSSR count). The zero-order chi connectivity index (χ0) is 21.6. The number of hydrogen-bond acceptors (Lipinski definition) is 4. The number of carbonyl (C=O) groups excluding carboxylic acids is 2. The number of sulfonamides is 1. The number of aryl methyl sites for hydroxylation is 1. The summed E-state index contributed by atoms with van der Waals surface area (Å²) in [5, 5.41) is 2.55. The molecule has 0 aliphatic heterocycles. The van der Waals surface area contributed by atoms with Crippen LogP contribution in [-0.4, -0.2) is 51.0 Å². The number of rotatable bonds is 8. The van der Waals surface area contributed by atoms with Gasteiger partial charge in [-0.1, -0.05) is 42.5 Å². The summed E-state index contributed by atoms with van der Waals surface area (Å²) in [5.74, 6) is -0.781. The number of para-hydroxylation sites is 1. The topological polar surface area (TPSA) is 86.8 Å². The van der Waals surface area contributed by atoms with Gasteiger partial charge in [0.1, 0.15) is 12.6 Å². The van der Waals surface area contributed by atoms with Gasteiger partial charge < -0.3 is 10.2 Å². The van der Waals surface area contributed by atoms with Crippen molar-refractivity contribution in [1.29, 1.82) is 0 Å². The summed E-state index contributed by atoms with van der Waals surface area (Å²) < 4.78 is 25.7. The van der Waals surface area contributed by atoms with E-state index in [1.165, 1.54) is 11.9 Å². The summed E-state index contributed by atoms with van der Waals surface area (Å²) in [6, 6.07) is 15.2. The molecule has 0 heterocycles. The Labute approximate surface area is 172 Å². The van der Waals surface area contributed by atoms with Crippen molar-refractivity contribution in [2.45, 2.75) is 26.4 Å². The number of anilines is 1. The van der Waals surface area contributed by atoms with Gasteiger partial charge in [0.15, 0.2) is 0 Å². The minimum absolute atomic E-state index is 0.201. The molecule has 2 aromatic carbocycles. The van der Waals surface area contributed by atoms with Crippen molar-refractivity contribution in [2.75, 3.05) is 24.2 Å². The third-order valence-corrected chi connectivity index (χ3v) is 5.88. The molecule has 1 unspecified atom stereocenters. The second-order valence-electron chi connectivity index (χ2n) is 6.84. The second-order valence-corrected chi connectivity index (χ2v) is 8.75. The molecule has 0 saturated heterocycles. The number of likely N-dealkylation sites (N-methyl/N-ethyl adjacent to an activating group) is 1. The second kappa shape index (κ2) is 9.56. The molecule has 0 aromatic heterocycles. The number of hydrogen-bond donors (Lipinski definition) is 1. The van der Waals surface area contributed by atoms with Gasteiger partial charge in [0.05, 0.1) is 11.9 Å². The van der Waals surface area contributed by atoms with E-state index in [0.717, 1.165) is 21.7 Å². The van der Waals surface area contributed by atoms with Crippen LogP contribution in [0.1, 0.15) is 18.1 Å². The van der Waals surface area contributed by atoms with Crippen LogP contribution < -0.4 is 9.62 Å². The van der Waals surface area contributed by atoms with Gasteiger partial charge in [-0.2, -0.15) is 0 Å². The Morgan fingerprint density at radius 1 is 1.03 bits per heavy atom. The van der Waals surface area contributed by atoms with E-state index < -0.39 is 28.5 Å². The molecule has 2 amide bonds. The third kappa shape index (κ3) is 5.80. The van der Waals surface area contributed by atoms with Crippen molar-refractivity contribution >= 4 is 27.5 Å². The predicted molar refractivity (Wildman–Crippen MR) is 114 cm³/mol. The highest BCUT2D eigenvalue weighted by Crippen LogP contribution is 2.19. The standard InChI is InChI=1S/C21H27N3O4S/c1-16-10-8-9-11-18(16)14-23(17(2)21(26)22-3)20(25)15-24(29(4,27)28)19-12-6-5-7-13-19/h5-13,17H,14-15H2,1-4H3,(H,22,26). The van der Waals surface area contributed by atoms with Crippen LogP contribution in [-0.2, 0) is 26.2 Å². The maximum atomic E-state index is 13.2. The molecule has 0 saturated carbocycles. The smallest absolute Gasteiger partial charge is 0.244 e. The number of amides is 2. The predicted octanol–water partition coefficient (Wildman–Crippen LogP) is 1.92. The maximum Gasteiger partial charge on any atom is 0.244 e. The van der Waals surface area contributed by atoms with Crippen molar-refractivity contribution < 1.29 is 18.0 Å². The molecule has 0 aliphatic rings. The fourth-order valence-corrected chi connectivity index (χ4v) is 3.82. The Morgan fingerprint density at radius 3 is 2.17 bits per heavy atom. The molecule has 2 aromatic rings. The SMILES string of the molecule is CNC(=O)C(C)N(Cc1ccccc1C)C(=O)CN(c1ccccc1)S(C)(=O)=O. The van der Waals surface area contributed by atoms with Crippen LogP contribution >= 0.6 is 0 Å². The van der Waals surface area contributed by atoms with Gasteiger partial charge in [0.25, 0.3) is 0 Å². The first kappa shape index (κ1) is 22.4. The Kier molecular flexibility index (Phi) is 7.39. The first-order valence-corrected chi connectivity index (χ1v) is 11.1. The van der Waals surface area contributed by atoms with Gasteiger partial charge in [-0.3, -0.25) is 13.9 Å². The summed E-state index contributed by atoms with van der Waals surface area (Å²) in [7, 11) is -2.19. The molecule has 29 heavy (non-hydrogen) atoms. The lowest BCUT2D eigenvalue weighted by Gasteiger charge is -2.31. The van der Waals surface area contributed by atoms with Crippen LogP contribution in [0, 0.1) is 6.92 Å². The minimum atomic E-state index is -3.69. The van der Waals surface area contributed by atoms with E-state index in [0.29, 0.717) is 5.69 Å². The summed E-state index contributed by atoms with van der Waals surface area (Å²) in [5.41, 5.74) is 2.27. The maximum absolute atomic E-state index is 13.2. The fourth-order valence-electron chi connectivity index (χ4n) is 2.97. The van der Waals surface area contributed by atoms with Gasteiger partial charge >= 0.3 is 0 Å². The number of nitrogens with zero attached hydrogens (tertiary/aromatic N) is 2. The summed E-state index contributed by atoms with van der Waals surface area (Å²) in [6.07, 6.45) is 1.06. The highest BCUT2D eigenvalue weighted by Gasteiger charge is 2.29. The average Bonchev–Trinajstić information content (AvgIpc) is 2.69. The van der Waals surface area contributed by atoms with Crippen molar-refractivity contribution in [3.8, 4) is 0 Å². The first-order chi connectivity index (χ1) is 13.6. The molecule has 1 atom stereocenters. The van der Waals surface area contributed by atoms with Crippen molar-refractivity contribution in [2.24, 2.45) is 0 Å². The lowest BCUT2D eigenvalue weighted by Crippen LogP contribution is -2.50. The van der Waals surface area contributed by atoms with Crippen molar-refractivity contribution in [1.82, 2.24) is 10.2 Å². The van der Waals surface area contributed by atoms with Gasteiger partial charge in [-0.25, -0.2) is 8.42 Å². The Hall–Kier alpha value is -2.87. The molecule has 156 valence electrons. The molecule has 0 bridgehead atoms. The van der Waals surface area contributed by atoms with Crippen LogP contribution in [0.5, 0.6) is 0 Å². The Balaban J connectivity index is 2.37. The normalized spacial score (nSPS) is 12.1. The van der Waals surface area contributed by atoms with Gasteiger partial charge in [-0.05, 0) is 37.1 Å². The van der Waals surface area contributed by atoms with E-state index in [1.807, 2.05) is 31.2 Å². The molecular weight excluding hydrogens is 390 g/mol. The lowest BCUT2D eigenvalue weighted by molar-refractivity contribution is -0.139. The quantitative estimate of drug-likeness (QED) is 0.711. The fraction of sp³-hybridized carbons (Fsp3) is 0.333. The molecule has 0 fully saturated rings. The molecule has 8 heteroatoms. The van der Waals surface area contributed by atoms with Gasteiger partial charge in [-0.15, -0.1) is 0 Å². The van der Waals surface area contributed by atoms with E-state index in [4.69, 9.17) is 0 Å². The highest BCUT2D eigenvalue weighted by molar-refractivity contribution is 7.92. The van der Waals surface area contributed by atoms with Crippen LogP contribution in [0.2, 0.25) is 0 Å². The molecular formula is C21H27N3O4S. The average molecular weight is 418 g/mol. The number of carbonyl (C=O) groups is 2. The van der Waals surface area contributed by atoms with Gasteiger partial charge in [0.2, 0.25) is 21.8 Å². The van der Waals surface area contributed by atoms with Crippen LogP contribution in [0.3, 0.4) is 0 Å². The zero-order valence-corrected chi connectivity index (χ0v) is 17.9. The van der Waals surface area contributed by atoms with E-state index in [1.54, 1.807) is 37.3 Å². The molecule has 0 spiro atoms. The van der Waals surface area contributed by atoms with E-state index in [9.17, 15) is 18.0 Å². The monoisotopic (exact) mass is 417 g/mol. The zero-order valence-electron chi connectivity index (χ0n) is 17.1. The first-order valence-electron chi connectivity index (χ1n) is 9.23. The van der Waals surface area contributed by atoms with Crippen LogP contribution in [0.15, 0.2) is 54.6 Å². The number of nitrogens with one attached hydrogen (secondary N) is 1. The van der Waals surface area contributed by atoms with Crippen molar-refractivity contribution in [3.05, 3.63) is 65.7 Å². The number of benzene rings is 2. The van der Waals surface area contributed by atoms with E-state index >= 15 is 0 Å². The molecule has 7 nitrogen and oxygen atoms in total. The van der Waals surface area contributed by atoms with E-state index in [2.05, 4.69) is 5.32 Å². The van der Waals surface area contributed by atoms with Gasteiger partial charge in [0, 0.05) is 13.6 Å². The van der Waals surface area contributed by atoms with E-state index in [-0.39, 0.29) is 12.5 Å². The summed E-state index contributed by atoms with van der Waals surface area (Å²) >= 11 is 0. The third-order valence-electron chi connectivity index (χ3n) is 4.74. The van der Waals surface area contributed by atoms with Crippen LogP contribution in [0.4, 0.5) is 5.69 Å². The van der Waals surface area contributed by atoms with Crippen molar-refractivity contribution in [3.63, 3.8) is 0 Å².